The van der Waals surface area contributed by atoms with Crippen molar-refractivity contribution in [1.29, 1.82) is 0 Å². The van der Waals surface area contributed by atoms with Crippen LogP contribution in [0.25, 0.3) is 0 Å². The van der Waals surface area contributed by atoms with Crippen LogP contribution in [0, 0.1) is 17.8 Å². The number of phenolic OH excluding ortho intramolecular Hbond substituents is 2. The van der Waals surface area contributed by atoms with E-state index in [1.807, 2.05) is 6.92 Å². The van der Waals surface area contributed by atoms with Gasteiger partial charge in [-0.15, -0.1) is 0 Å². The van der Waals surface area contributed by atoms with Gasteiger partial charge >= 0.3 is 0 Å². The molecule has 3 nitrogen and oxygen atoms in total. The zero-order chi connectivity index (χ0) is 13.4. The Bertz CT molecular complexity index is 460. The van der Waals surface area contributed by atoms with Gasteiger partial charge in [0.05, 0.1) is 0 Å². The molecule has 19 heavy (non-hydrogen) atoms. The number of aromatic hydroxyl groups is 2. The summed E-state index contributed by atoms with van der Waals surface area (Å²) in [5.41, 5.74) is 0.781. The Hall–Kier alpha value is -1.22. The van der Waals surface area contributed by atoms with Crippen molar-refractivity contribution in [1.82, 2.24) is 5.32 Å². The Morgan fingerprint density at radius 2 is 2.11 bits per heavy atom. The van der Waals surface area contributed by atoms with Crippen LogP contribution in [0.15, 0.2) is 18.2 Å². The lowest BCUT2D eigenvalue weighted by atomic mass is 9.88. The second kappa shape index (κ2) is 5.04. The SMILES string of the molecule is CC(NCC1CC2CCC1C2)c1cc(O)ccc1O. The van der Waals surface area contributed by atoms with Crippen molar-refractivity contribution >= 4 is 0 Å². The number of rotatable bonds is 4. The predicted octanol–water partition coefficient (Wildman–Crippen LogP) is 3.18. The minimum Gasteiger partial charge on any atom is -0.508 e. The highest BCUT2D eigenvalue weighted by atomic mass is 16.3. The minimum atomic E-state index is 0.0752. The van der Waals surface area contributed by atoms with E-state index in [1.165, 1.54) is 31.7 Å². The van der Waals surface area contributed by atoms with E-state index in [4.69, 9.17) is 0 Å². The summed E-state index contributed by atoms with van der Waals surface area (Å²) in [6.07, 6.45) is 5.64. The van der Waals surface area contributed by atoms with Crippen molar-refractivity contribution in [3.8, 4) is 11.5 Å². The Morgan fingerprint density at radius 1 is 1.26 bits per heavy atom. The molecule has 2 bridgehead atoms. The number of hydrogen-bond acceptors (Lipinski definition) is 3. The van der Waals surface area contributed by atoms with Gasteiger partial charge in [-0.2, -0.15) is 0 Å². The Balaban J connectivity index is 1.59. The lowest BCUT2D eigenvalue weighted by Crippen LogP contribution is -2.28. The molecule has 4 atom stereocenters. The van der Waals surface area contributed by atoms with Crippen LogP contribution in [-0.4, -0.2) is 16.8 Å². The number of hydrogen-bond donors (Lipinski definition) is 3. The normalized spacial score (nSPS) is 30.7. The molecule has 1 aromatic carbocycles. The molecule has 0 saturated heterocycles. The average molecular weight is 261 g/mol. The van der Waals surface area contributed by atoms with Gasteiger partial charge in [0.1, 0.15) is 11.5 Å². The van der Waals surface area contributed by atoms with Gasteiger partial charge in [0.25, 0.3) is 0 Å². The van der Waals surface area contributed by atoms with Crippen molar-refractivity contribution < 1.29 is 10.2 Å². The van der Waals surface area contributed by atoms with Crippen LogP contribution >= 0.6 is 0 Å². The van der Waals surface area contributed by atoms with E-state index in [9.17, 15) is 10.2 Å². The number of fused-ring (bicyclic) bond motifs is 2. The first kappa shape index (κ1) is 12.8. The zero-order valence-corrected chi connectivity index (χ0v) is 11.5. The summed E-state index contributed by atoms with van der Waals surface area (Å²) in [5.74, 6) is 3.16. The largest absolute Gasteiger partial charge is 0.508 e. The van der Waals surface area contributed by atoms with Crippen LogP contribution in [0.4, 0.5) is 0 Å². The molecule has 1 aromatic rings. The van der Waals surface area contributed by atoms with Crippen molar-refractivity contribution in [2.24, 2.45) is 17.8 Å². The van der Waals surface area contributed by atoms with Gasteiger partial charge in [0, 0.05) is 11.6 Å². The van der Waals surface area contributed by atoms with Crippen LogP contribution in [0.3, 0.4) is 0 Å². The van der Waals surface area contributed by atoms with E-state index < -0.39 is 0 Å². The maximum absolute atomic E-state index is 9.85. The first-order valence-electron chi connectivity index (χ1n) is 7.38. The smallest absolute Gasteiger partial charge is 0.120 e. The quantitative estimate of drug-likeness (QED) is 0.730. The Labute approximate surface area is 114 Å². The molecule has 3 heteroatoms. The predicted molar refractivity (Wildman–Crippen MR) is 75.1 cm³/mol. The maximum Gasteiger partial charge on any atom is 0.120 e. The summed E-state index contributed by atoms with van der Waals surface area (Å²) in [6.45, 7) is 3.07. The molecule has 2 aliphatic carbocycles. The van der Waals surface area contributed by atoms with E-state index in [2.05, 4.69) is 5.32 Å². The molecule has 0 amide bonds. The molecule has 2 aliphatic rings. The highest BCUT2D eigenvalue weighted by Crippen LogP contribution is 2.48. The third-order valence-electron chi connectivity index (χ3n) is 5.05. The monoisotopic (exact) mass is 261 g/mol. The van der Waals surface area contributed by atoms with Crippen molar-refractivity contribution in [3.05, 3.63) is 23.8 Å². The van der Waals surface area contributed by atoms with Crippen LogP contribution in [-0.2, 0) is 0 Å². The van der Waals surface area contributed by atoms with E-state index in [0.29, 0.717) is 0 Å². The van der Waals surface area contributed by atoms with Crippen LogP contribution in [0.5, 0.6) is 11.5 Å². The minimum absolute atomic E-state index is 0.0752. The maximum atomic E-state index is 9.85. The lowest BCUT2D eigenvalue weighted by Gasteiger charge is -2.24. The van der Waals surface area contributed by atoms with Gasteiger partial charge in [-0.1, -0.05) is 6.42 Å². The van der Waals surface area contributed by atoms with Crippen LogP contribution in [0.2, 0.25) is 0 Å². The van der Waals surface area contributed by atoms with Crippen molar-refractivity contribution in [2.75, 3.05) is 6.54 Å². The number of phenols is 2. The van der Waals surface area contributed by atoms with E-state index in [-0.39, 0.29) is 17.5 Å². The molecule has 2 fully saturated rings. The molecule has 3 N–H and O–H groups in total. The molecule has 0 heterocycles. The summed E-state index contributed by atoms with van der Waals surface area (Å²) in [4.78, 5) is 0. The van der Waals surface area contributed by atoms with Gasteiger partial charge in [0.2, 0.25) is 0 Å². The van der Waals surface area contributed by atoms with E-state index in [1.54, 1.807) is 12.1 Å². The molecule has 4 unspecified atom stereocenters. The third kappa shape index (κ3) is 2.57. The van der Waals surface area contributed by atoms with Crippen molar-refractivity contribution in [3.63, 3.8) is 0 Å². The summed E-state index contributed by atoms with van der Waals surface area (Å²) in [6, 6.07) is 4.79. The van der Waals surface area contributed by atoms with Gasteiger partial charge in [-0.3, -0.25) is 0 Å². The first-order chi connectivity index (χ1) is 9.13. The summed E-state index contributed by atoms with van der Waals surface area (Å²) in [7, 11) is 0. The molecule has 0 radical (unpaired) electrons. The number of nitrogens with one attached hydrogen (secondary N) is 1. The highest BCUT2D eigenvalue weighted by Gasteiger charge is 2.39. The molecule has 3 rings (SSSR count). The van der Waals surface area contributed by atoms with Crippen molar-refractivity contribution in [2.45, 2.75) is 38.6 Å². The average Bonchev–Trinajstić information content (AvgIpc) is 3.01. The molecular formula is C16H23NO2. The van der Waals surface area contributed by atoms with Gasteiger partial charge in [-0.25, -0.2) is 0 Å². The first-order valence-corrected chi connectivity index (χ1v) is 7.38. The zero-order valence-electron chi connectivity index (χ0n) is 11.5. The molecule has 2 saturated carbocycles. The number of benzene rings is 1. The van der Waals surface area contributed by atoms with Gasteiger partial charge < -0.3 is 15.5 Å². The molecule has 0 aromatic heterocycles. The van der Waals surface area contributed by atoms with Crippen LogP contribution < -0.4 is 5.32 Å². The molecule has 0 spiro atoms. The molecule has 104 valence electrons. The van der Waals surface area contributed by atoms with Gasteiger partial charge in [0.15, 0.2) is 0 Å². The molecule has 0 aliphatic heterocycles. The second-order valence-corrected chi connectivity index (χ2v) is 6.31. The van der Waals surface area contributed by atoms with E-state index >= 15 is 0 Å². The third-order valence-corrected chi connectivity index (χ3v) is 5.05. The standard InChI is InChI=1S/C16H23NO2/c1-10(15-8-14(18)4-5-16(15)19)17-9-13-7-11-2-3-12(13)6-11/h4-5,8,10-13,17-19H,2-3,6-7,9H2,1H3. The topological polar surface area (TPSA) is 52.5 Å². The summed E-state index contributed by atoms with van der Waals surface area (Å²) in [5, 5.41) is 22.9. The fourth-order valence-electron chi connectivity index (χ4n) is 3.95. The second-order valence-electron chi connectivity index (χ2n) is 6.31. The fourth-order valence-corrected chi connectivity index (χ4v) is 3.95. The summed E-state index contributed by atoms with van der Waals surface area (Å²) >= 11 is 0. The Kier molecular flexibility index (Phi) is 3.40. The van der Waals surface area contributed by atoms with Crippen LogP contribution in [0.1, 0.15) is 44.2 Å². The highest BCUT2D eigenvalue weighted by molar-refractivity contribution is 5.40. The van der Waals surface area contributed by atoms with Gasteiger partial charge in [-0.05, 0) is 68.7 Å². The van der Waals surface area contributed by atoms with E-state index in [0.717, 1.165) is 29.9 Å². The Morgan fingerprint density at radius 3 is 2.79 bits per heavy atom. The lowest BCUT2D eigenvalue weighted by molar-refractivity contribution is 0.308. The fraction of sp³-hybridized carbons (Fsp3) is 0.625. The molecular weight excluding hydrogens is 238 g/mol. The summed E-state index contributed by atoms with van der Waals surface area (Å²) < 4.78 is 0.